The molecule has 0 bridgehead atoms. The summed E-state index contributed by atoms with van der Waals surface area (Å²) in [7, 11) is 0. The van der Waals surface area contributed by atoms with Gasteiger partial charge in [0.2, 0.25) is 0 Å². The third-order valence-electron chi connectivity index (χ3n) is 6.17. The lowest BCUT2D eigenvalue weighted by atomic mass is 9.82. The number of amides is 1. The van der Waals surface area contributed by atoms with E-state index in [1.807, 2.05) is 0 Å². The van der Waals surface area contributed by atoms with Gasteiger partial charge in [-0.1, -0.05) is 24.3 Å². The Morgan fingerprint density at radius 3 is 2.16 bits per heavy atom. The Bertz CT molecular complexity index is 1300. The minimum Gasteiger partial charge on any atom is -0.506 e. The highest BCUT2D eigenvalue weighted by atomic mass is 16.4. The van der Waals surface area contributed by atoms with Crippen LogP contribution in [0.4, 0.5) is 0 Å². The van der Waals surface area contributed by atoms with Crippen molar-refractivity contribution in [3.05, 3.63) is 57.8 Å². The Labute approximate surface area is 176 Å². The van der Waals surface area contributed by atoms with Gasteiger partial charge in [0.05, 0.1) is 22.1 Å². The minimum atomic E-state index is -0.596. The maximum Gasteiger partial charge on any atom is 0.258 e. The molecule has 31 heavy (non-hydrogen) atoms. The van der Waals surface area contributed by atoms with Gasteiger partial charge in [-0.3, -0.25) is 14.4 Å². The monoisotopic (exact) mass is 420 g/mol. The molecule has 8 nitrogen and oxygen atoms in total. The number of carbonyl (C=O) groups excluding carboxylic acids is 3. The van der Waals surface area contributed by atoms with E-state index < -0.39 is 23.1 Å². The van der Waals surface area contributed by atoms with Crippen molar-refractivity contribution in [2.45, 2.75) is 25.8 Å². The molecule has 8 heteroatoms. The van der Waals surface area contributed by atoms with Crippen LogP contribution >= 0.6 is 0 Å². The van der Waals surface area contributed by atoms with Gasteiger partial charge in [-0.2, -0.15) is 0 Å². The van der Waals surface area contributed by atoms with E-state index >= 15 is 0 Å². The Balaban J connectivity index is 1.75. The number of nitrogens with two attached hydrogens (primary N) is 1. The molecule has 4 N–H and O–H groups in total. The van der Waals surface area contributed by atoms with Crippen LogP contribution in [-0.2, 0) is 0 Å². The molecule has 2 aliphatic rings. The van der Waals surface area contributed by atoms with Crippen LogP contribution in [0.2, 0.25) is 0 Å². The number of piperidine rings is 1. The number of benzene rings is 2. The van der Waals surface area contributed by atoms with Gasteiger partial charge in [0.15, 0.2) is 22.9 Å². The predicted octanol–water partition coefficient (Wildman–Crippen LogP) is 2.49. The van der Waals surface area contributed by atoms with Crippen LogP contribution in [0.1, 0.15) is 60.8 Å². The van der Waals surface area contributed by atoms with Crippen molar-refractivity contribution in [3.8, 4) is 11.5 Å². The molecule has 1 aliphatic carbocycles. The first-order valence-electron chi connectivity index (χ1n) is 10.1. The summed E-state index contributed by atoms with van der Waals surface area (Å²) in [6.45, 7) is 2.45. The highest BCUT2D eigenvalue weighted by Crippen LogP contribution is 2.47. The van der Waals surface area contributed by atoms with Gasteiger partial charge in [-0.05, 0) is 19.8 Å². The number of ketones is 2. The van der Waals surface area contributed by atoms with Crippen molar-refractivity contribution in [2.24, 2.45) is 5.73 Å². The first-order chi connectivity index (χ1) is 14.8. The van der Waals surface area contributed by atoms with E-state index in [9.17, 15) is 24.6 Å². The van der Waals surface area contributed by atoms with Gasteiger partial charge in [0.25, 0.3) is 5.91 Å². The number of fused-ring (bicyclic) bond motifs is 3. The summed E-state index contributed by atoms with van der Waals surface area (Å²) in [6, 6.07) is 6.23. The van der Waals surface area contributed by atoms with Gasteiger partial charge in [-0.15, -0.1) is 0 Å². The number of furan rings is 1. The molecule has 1 amide bonds. The normalized spacial score (nSPS) is 16.5. The van der Waals surface area contributed by atoms with E-state index in [-0.39, 0.29) is 56.5 Å². The van der Waals surface area contributed by atoms with E-state index in [1.54, 1.807) is 24.0 Å². The van der Waals surface area contributed by atoms with Crippen LogP contribution in [0.25, 0.3) is 11.0 Å². The molecule has 0 saturated carbocycles. The summed E-state index contributed by atoms with van der Waals surface area (Å²) in [5.74, 6) is -2.48. The number of hydrogen-bond acceptors (Lipinski definition) is 7. The van der Waals surface area contributed by atoms with Crippen molar-refractivity contribution in [1.82, 2.24) is 4.90 Å². The zero-order chi connectivity index (χ0) is 22.0. The van der Waals surface area contributed by atoms with Gasteiger partial charge in [0, 0.05) is 30.3 Å². The van der Waals surface area contributed by atoms with E-state index in [0.29, 0.717) is 25.9 Å². The molecule has 2 heterocycles. The van der Waals surface area contributed by atoms with E-state index in [0.717, 1.165) is 0 Å². The smallest absolute Gasteiger partial charge is 0.258 e. The third kappa shape index (κ3) is 2.61. The molecule has 0 spiro atoms. The van der Waals surface area contributed by atoms with Crippen LogP contribution in [0.3, 0.4) is 0 Å². The first-order valence-corrected chi connectivity index (χ1v) is 10.1. The van der Waals surface area contributed by atoms with Crippen LogP contribution in [-0.4, -0.2) is 51.7 Å². The first kappa shape index (κ1) is 19.3. The van der Waals surface area contributed by atoms with Crippen LogP contribution in [0, 0.1) is 6.92 Å². The topological polar surface area (TPSA) is 134 Å². The van der Waals surface area contributed by atoms with Gasteiger partial charge >= 0.3 is 0 Å². The second-order valence-electron chi connectivity index (χ2n) is 8.02. The maximum atomic E-state index is 13.3. The average Bonchev–Trinajstić information content (AvgIpc) is 3.12. The molecule has 158 valence electrons. The van der Waals surface area contributed by atoms with Crippen LogP contribution in [0.15, 0.2) is 28.7 Å². The van der Waals surface area contributed by atoms with E-state index in [2.05, 4.69) is 0 Å². The zero-order valence-electron chi connectivity index (χ0n) is 16.8. The highest BCUT2D eigenvalue weighted by Gasteiger charge is 2.39. The van der Waals surface area contributed by atoms with Crippen molar-refractivity contribution in [1.29, 1.82) is 0 Å². The number of hydrogen-bond donors (Lipinski definition) is 3. The molecule has 2 aromatic carbocycles. The molecule has 3 aromatic rings. The second kappa shape index (κ2) is 6.68. The highest BCUT2D eigenvalue weighted by molar-refractivity contribution is 6.33. The summed E-state index contributed by atoms with van der Waals surface area (Å²) in [4.78, 5) is 41.0. The number of aryl methyl sites for hydroxylation is 1. The summed E-state index contributed by atoms with van der Waals surface area (Å²) < 4.78 is 5.64. The fourth-order valence-corrected chi connectivity index (χ4v) is 4.52. The molecular formula is C23H20N2O6. The molecule has 0 atom stereocenters. The quantitative estimate of drug-likeness (QED) is 0.403. The Morgan fingerprint density at radius 1 is 1.03 bits per heavy atom. The van der Waals surface area contributed by atoms with Gasteiger partial charge in [-0.25, -0.2) is 0 Å². The number of aromatic hydroxyl groups is 2. The van der Waals surface area contributed by atoms with Gasteiger partial charge < -0.3 is 25.3 Å². The molecule has 0 radical (unpaired) electrons. The standard InChI is InChI=1S/C23H20N2O6/c1-10-14(23(30)25-8-6-11(24)7-9-25)17-20(28)15-16(21(29)22(17)31-10)19(27)13-5-3-2-4-12(13)18(15)26/h2-5,11,28-29H,6-9,24H2,1H3. The number of nitrogens with zero attached hydrogens (tertiary/aromatic N) is 1. The van der Waals surface area contributed by atoms with Crippen LogP contribution in [0.5, 0.6) is 11.5 Å². The van der Waals surface area contributed by atoms with Crippen molar-refractivity contribution in [2.75, 3.05) is 13.1 Å². The summed E-state index contributed by atoms with van der Waals surface area (Å²) in [5.41, 5.74) is 5.44. The molecule has 5 rings (SSSR count). The SMILES string of the molecule is Cc1oc2c(O)c3c(c(O)c2c1C(=O)N1CCC(N)CC1)C(=O)c1ccccc1C3=O. The molecule has 1 aromatic heterocycles. The maximum absolute atomic E-state index is 13.3. The number of phenolic OH excluding ortho intramolecular Hbond substituents is 2. The number of carbonyl (C=O) groups is 3. The summed E-state index contributed by atoms with van der Waals surface area (Å²) >= 11 is 0. The second-order valence-corrected chi connectivity index (χ2v) is 8.02. The fourth-order valence-electron chi connectivity index (χ4n) is 4.52. The Kier molecular flexibility index (Phi) is 4.16. The average molecular weight is 420 g/mol. The molecule has 1 saturated heterocycles. The molecule has 1 fully saturated rings. The molecule has 1 aliphatic heterocycles. The lowest BCUT2D eigenvalue weighted by Gasteiger charge is -2.30. The largest absolute Gasteiger partial charge is 0.506 e. The Morgan fingerprint density at radius 2 is 1.58 bits per heavy atom. The Hall–Kier alpha value is -3.65. The summed E-state index contributed by atoms with van der Waals surface area (Å²) in [6.07, 6.45) is 1.30. The van der Waals surface area contributed by atoms with Crippen molar-refractivity contribution < 1.29 is 29.0 Å². The van der Waals surface area contributed by atoms with Gasteiger partial charge in [0.1, 0.15) is 11.5 Å². The number of rotatable bonds is 1. The van der Waals surface area contributed by atoms with E-state index in [1.165, 1.54) is 12.1 Å². The minimum absolute atomic E-state index is 0.0272. The van der Waals surface area contributed by atoms with Crippen molar-refractivity contribution in [3.63, 3.8) is 0 Å². The fraction of sp³-hybridized carbons (Fsp3) is 0.261. The molecule has 0 unspecified atom stereocenters. The summed E-state index contributed by atoms with van der Waals surface area (Å²) in [5, 5.41) is 21.9. The van der Waals surface area contributed by atoms with Crippen LogP contribution < -0.4 is 5.73 Å². The predicted molar refractivity (Wildman–Crippen MR) is 111 cm³/mol. The van der Waals surface area contributed by atoms with E-state index in [4.69, 9.17) is 10.2 Å². The number of phenols is 2. The third-order valence-corrected chi connectivity index (χ3v) is 6.17. The molecular weight excluding hydrogens is 400 g/mol. The lowest BCUT2D eigenvalue weighted by molar-refractivity contribution is 0.0714. The number of likely N-dealkylation sites (tertiary alicyclic amines) is 1. The zero-order valence-corrected chi connectivity index (χ0v) is 16.8. The lowest BCUT2D eigenvalue weighted by Crippen LogP contribution is -2.43. The van der Waals surface area contributed by atoms with Crippen molar-refractivity contribution >= 4 is 28.4 Å².